The molecule has 0 aliphatic heterocycles. The molecule has 0 unspecified atom stereocenters. The number of nitrogens with zero attached hydrogens (tertiary/aromatic N) is 1. The quantitative estimate of drug-likeness (QED) is 0.758. The van der Waals surface area contributed by atoms with Gasteiger partial charge in [0.15, 0.2) is 0 Å². The Labute approximate surface area is 120 Å². The summed E-state index contributed by atoms with van der Waals surface area (Å²) in [5.74, 6) is 0.422. The summed E-state index contributed by atoms with van der Waals surface area (Å²) in [5.41, 5.74) is 0.833. The molecule has 3 nitrogen and oxygen atoms in total. The van der Waals surface area contributed by atoms with Gasteiger partial charge in [0, 0.05) is 18.5 Å². The fraction of sp³-hybridized carbons (Fsp3) is 0.571. The van der Waals surface area contributed by atoms with Crippen LogP contribution in [-0.4, -0.2) is 31.2 Å². The molecule has 106 valence electrons. The molecule has 0 N–H and O–H groups in total. The van der Waals surface area contributed by atoms with E-state index in [9.17, 15) is 8.42 Å². The van der Waals surface area contributed by atoms with Crippen molar-refractivity contribution in [3.8, 4) is 0 Å². The molecule has 0 radical (unpaired) electrons. The summed E-state index contributed by atoms with van der Waals surface area (Å²) in [7, 11) is -3.27. The highest BCUT2D eigenvalue weighted by atomic mass is 35.5. The lowest BCUT2D eigenvalue weighted by Gasteiger charge is -2.27. The van der Waals surface area contributed by atoms with E-state index in [1.54, 1.807) is 4.31 Å². The lowest BCUT2D eigenvalue weighted by molar-refractivity contribution is 0.336. The largest absolute Gasteiger partial charge is 0.218 e. The monoisotopic (exact) mass is 301 g/mol. The Morgan fingerprint density at radius 2 is 1.79 bits per heavy atom. The van der Waals surface area contributed by atoms with Gasteiger partial charge in [-0.25, -0.2) is 8.42 Å². The van der Waals surface area contributed by atoms with Crippen molar-refractivity contribution in [3.05, 3.63) is 35.9 Å². The minimum absolute atomic E-state index is 0.0707. The number of hydrogen-bond acceptors (Lipinski definition) is 2. The summed E-state index contributed by atoms with van der Waals surface area (Å²) in [6.45, 7) is 0.418. The molecule has 1 aromatic rings. The van der Waals surface area contributed by atoms with E-state index in [4.69, 9.17) is 11.6 Å². The van der Waals surface area contributed by atoms with Crippen LogP contribution in [0.4, 0.5) is 0 Å². The molecule has 5 heteroatoms. The third kappa shape index (κ3) is 3.94. The highest BCUT2D eigenvalue weighted by molar-refractivity contribution is 7.88. The Bertz CT molecular complexity index is 483. The van der Waals surface area contributed by atoms with Gasteiger partial charge in [-0.3, -0.25) is 0 Å². The predicted molar refractivity (Wildman–Crippen MR) is 78.7 cm³/mol. The summed E-state index contributed by atoms with van der Waals surface area (Å²) in [6.07, 6.45) is 4.16. The molecule has 1 aliphatic rings. The highest BCUT2D eigenvalue weighted by Crippen LogP contribution is 2.27. The minimum atomic E-state index is -3.27. The Morgan fingerprint density at radius 3 is 2.37 bits per heavy atom. The van der Waals surface area contributed by atoms with Crippen LogP contribution < -0.4 is 0 Å². The van der Waals surface area contributed by atoms with E-state index in [2.05, 4.69) is 0 Å². The first-order chi connectivity index (χ1) is 9.13. The summed E-state index contributed by atoms with van der Waals surface area (Å²) >= 11 is 5.78. The van der Waals surface area contributed by atoms with E-state index in [0.29, 0.717) is 12.4 Å². The molecule has 1 fully saturated rings. The average Bonchev–Trinajstić information content (AvgIpc) is 2.90. The van der Waals surface area contributed by atoms with E-state index in [-0.39, 0.29) is 11.8 Å². The number of rotatable bonds is 6. The van der Waals surface area contributed by atoms with Crippen LogP contribution in [0.25, 0.3) is 0 Å². The SMILES string of the molecule is O=S(=O)(Cc1ccccc1)N(CCCl)C1CCCC1. The zero-order valence-corrected chi connectivity index (χ0v) is 12.5. The van der Waals surface area contributed by atoms with Gasteiger partial charge in [0.1, 0.15) is 0 Å². The Kier molecular flexibility index (Phi) is 5.25. The topological polar surface area (TPSA) is 37.4 Å². The number of halogens is 1. The molecule has 0 spiro atoms. The average molecular weight is 302 g/mol. The maximum Gasteiger partial charge on any atom is 0.218 e. The normalized spacial score (nSPS) is 17.2. The summed E-state index contributed by atoms with van der Waals surface area (Å²) in [4.78, 5) is 0. The van der Waals surface area contributed by atoms with Crippen molar-refractivity contribution in [1.29, 1.82) is 0 Å². The molecule has 1 aliphatic carbocycles. The van der Waals surface area contributed by atoms with Crippen molar-refractivity contribution in [2.75, 3.05) is 12.4 Å². The van der Waals surface area contributed by atoms with Gasteiger partial charge in [-0.1, -0.05) is 43.2 Å². The van der Waals surface area contributed by atoms with Crippen molar-refractivity contribution < 1.29 is 8.42 Å². The Balaban J connectivity index is 2.14. The third-order valence-corrected chi connectivity index (χ3v) is 5.65. The van der Waals surface area contributed by atoms with Crippen molar-refractivity contribution >= 4 is 21.6 Å². The maximum atomic E-state index is 12.5. The molecule has 0 saturated heterocycles. The van der Waals surface area contributed by atoms with E-state index in [0.717, 1.165) is 31.2 Å². The van der Waals surface area contributed by atoms with Gasteiger partial charge in [0.2, 0.25) is 10.0 Å². The molecule has 0 heterocycles. The van der Waals surface area contributed by atoms with Gasteiger partial charge in [-0.15, -0.1) is 11.6 Å². The first kappa shape index (κ1) is 14.8. The number of alkyl halides is 1. The lowest BCUT2D eigenvalue weighted by Crippen LogP contribution is -2.40. The Hall–Kier alpha value is -0.580. The second-order valence-corrected chi connectivity index (χ2v) is 7.28. The van der Waals surface area contributed by atoms with Crippen molar-refractivity contribution in [1.82, 2.24) is 4.31 Å². The van der Waals surface area contributed by atoms with E-state index in [1.165, 1.54) is 0 Å². The van der Waals surface area contributed by atoms with E-state index < -0.39 is 10.0 Å². The predicted octanol–water partition coefficient (Wildman–Crippen LogP) is 3.00. The van der Waals surface area contributed by atoms with Gasteiger partial charge in [0.25, 0.3) is 0 Å². The molecule has 0 amide bonds. The zero-order valence-electron chi connectivity index (χ0n) is 11.0. The van der Waals surface area contributed by atoms with Crippen LogP contribution in [0.5, 0.6) is 0 Å². The lowest BCUT2D eigenvalue weighted by atomic mass is 10.2. The second-order valence-electron chi connectivity index (χ2n) is 4.98. The van der Waals surface area contributed by atoms with Gasteiger partial charge < -0.3 is 0 Å². The van der Waals surface area contributed by atoms with Gasteiger partial charge in [-0.05, 0) is 18.4 Å². The molecule has 2 rings (SSSR count). The van der Waals surface area contributed by atoms with E-state index >= 15 is 0 Å². The van der Waals surface area contributed by atoms with Crippen LogP contribution in [0.2, 0.25) is 0 Å². The maximum absolute atomic E-state index is 12.5. The Morgan fingerprint density at radius 1 is 1.16 bits per heavy atom. The van der Waals surface area contributed by atoms with Gasteiger partial charge >= 0.3 is 0 Å². The molecule has 1 saturated carbocycles. The third-order valence-electron chi connectivity index (χ3n) is 3.59. The first-order valence-corrected chi connectivity index (χ1v) is 8.87. The molecule has 0 aromatic heterocycles. The number of hydrogen-bond donors (Lipinski definition) is 0. The fourth-order valence-corrected chi connectivity index (χ4v) is 4.79. The van der Waals surface area contributed by atoms with Crippen LogP contribution >= 0.6 is 11.6 Å². The fourth-order valence-electron chi connectivity index (χ4n) is 2.69. The number of sulfonamides is 1. The highest BCUT2D eigenvalue weighted by Gasteiger charge is 2.31. The first-order valence-electron chi connectivity index (χ1n) is 6.73. The van der Waals surface area contributed by atoms with Crippen molar-refractivity contribution in [3.63, 3.8) is 0 Å². The molecular weight excluding hydrogens is 282 g/mol. The van der Waals surface area contributed by atoms with Crippen molar-refractivity contribution in [2.45, 2.75) is 37.5 Å². The molecular formula is C14H20ClNO2S. The molecule has 1 aromatic carbocycles. The molecule has 0 atom stereocenters. The standard InChI is InChI=1S/C14H20ClNO2S/c15-10-11-16(14-8-4-5-9-14)19(17,18)12-13-6-2-1-3-7-13/h1-3,6-7,14H,4-5,8-12H2. The van der Waals surface area contributed by atoms with Crippen molar-refractivity contribution in [2.24, 2.45) is 0 Å². The summed E-state index contributed by atoms with van der Waals surface area (Å²) < 4.78 is 26.7. The molecule has 0 bridgehead atoms. The number of benzene rings is 1. The van der Waals surface area contributed by atoms with Crippen LogP contribution in [-0.2, 0) is 15.8 Å². The summed E-state index contributed by atoms with van der Waals surface area (Å²) in [6, 6.07) is 9.48. The van der Waals surface area contributed by atoms with Gasteiger partial charge in [-0.2, -0.15) is 4.31 Å². The van der Waals surface area contributed by atoms with Gasteiger partial charge in [0.05, 0.1) is 5.75 Å². The van der Waals surface area contributed by atoms with Crippen LogP contribution in [0.15, 0.2) is 30.3 Å². The smallest absolute Gasteiger partial charge is 0.212 e. The zero-order chi connectivity index (χ0) is 13.7. The van der Waals surface area contributed by atoms with Crippen LogP contribution in [0.3, 0.4) is 0 Å². The second kappa shape index (κ2) is 6.73. The summed E-state index contributed by atoms with van der Waals surface area (Å²) in [5, 5.41) is 0. The van der Waals surface area contributed by atoms with E-state index in [1.807, 2.05) is 30.3 Å². The van der Waals surface area contributed by atoms with Crippen LogP contribution in [0, 0.1) is 0 Å². The van der Waals surface area contributed by atoms with Crippen LogP contribution in [0.1, 0.15) is 31.2 Å². The minimum Gasteiger partial charge on any atom is -0.212 e. The molecule has 19 heavy (non-hydrogen) atoms.